The second kappa shape index (κ2) is 4.73. The fraction of sp³-hybridized carbons (Fsp3) is 0.533. The van der Waals surface area contributed by atoms with Crippen LogP contribution in [0.3, 0.4) is 0 Å². The molecule has 0 aromatic heterocycles. The van der Waals surface area contributed by atoms with E-state index < -0.39 is 16.4 Å². The Morgan fingerprint density at radius 2 is 1.79 bits per heavy atom. The Balaban J connectivity index is 1.90. The summed E-state index contributed by atoms with van der Waals surface area (Å²) >= 11 is 0. The maximum atomic E-state index is 12.2. The van der Waals surface area contributed by atoms with Crippen LogP contribution in [-0.4, -0.2) is 19.8 Å². The molecule has 3 nitrogen and oxygen atoms in total. The summed E-state index contributed by atoms with van der Waals surface area (Å²) < 4.78 is 12.2. The van der Waals surface area contributed by atoms with Gasteiger partial charge in [-0.2, -0.15) is 5.26 Å². The Bertz CT molecular complexity index is 530. The third-order valence-electron chi connectivity index (χ3n) is 4.39. The Hall–Kier alpha value is -1.18. The molecule has 1 N–H and O–H groups in total. The molecule has 0 amide bonds. The summed E-state index contributed by atoms with van der Waals surface area (Å²) in [4.78, 5) is 0. The molecule has 2 saturated heterocycles. The first-order chi connectivity index (χ1) is 9.12. The standard InChI is InChI=1S/C15H17NO2S/c16-10-11-4-6-12(7-5-11)15(17)8-13-2-1-3-14(9-15)19(13)18/h4-7,13-14,17H,1-3,8-9H2. The molecule has 2 aliphatic rings. The monoisotopic (exact) mass is 275 g/mol. The van der Waals surface area contributed by atoms with Crippen molar-refractivity contribution in [3.63, 3.8) is 0 Å². The van der Waals surface area contributed by atoms with Gasteiger partial charge in [-0.25, -0.2) is 0 Å². The zero-order valence-corrected chi connectivity index (χ0v) is 11.5. The smallest absolute Gasteiger partial charge is 0.0991 e. The first-order valence-electron chi connectivity index (χ1n) is 6.75. The number of benzene rings is 1. The fourth-order valence-corrected chi connectivity index (χ4v) is 5.60. The Kier molecular flexibility index (Phi) is 3.20. The lowest BCUT2D eigenvalue weighted by molar-refractivity contribution is 0.00654. The second-order valence-corrected chi connectivity index (χ2v) is 7.62. The number of nitriles is 1. The van der Waals surface area contributed by atoms with E-state index in [1.54, 1.807) is 12.1 Å². The van der Waals surface area contributed by atoms with E-state index in [0.717, 1.165) is 24.8 Å². The van der Waals surface area contributed by atoms with Gasteiger partial charge in [0.1, 0.15) is 0 Å². The van der Waals surface area contributed by atoms with Crippen LogP contribution in [-0.2, 0) is 16.4 Å². The molecule has 0 spiro atoms. The van der Waals surface area contributed by atoms with Gasteiger partial charge in [0, 0.05) is 21.3 Å². The Labute approximate surface area is 115 Å². The number of aliphatic hydroxyl groups is 1. The van der Waals surface area contributed by atoms with E-state index in [2.05, 4.69) is 6.07 Å². The highest BCUT2D eigenvalue weighted by molar-refractivity contribution is 7.86. The van der Waals surface area contributed by atoms with E-state index in [4.69, 9.17) is 5.26 Å². The van der Waals surface area contributed by atoms with Gasteiger partial charge >= 0.3 is 0 Å². The van der Waals surface area contributed by atoms with Crippen LogP contribution in [0.5, 0.6) is 0 Å². The maximum absolute atomic E-state index is 12.2. The van der Waals surface area contributed by atoms with Crippen molar-refractivity contribution in [3.05, 3.63) is 35.4 Å². The van der Waals surface area contributed by atoms with Crippen molar-refractivity contribution < 1.29 is 9.32 Å². The topological polar surface area (TPSA) is 61.1 Å². The summed E-state index contributed by atoms with van der Waals surface area (Å²) in [6, 6.07) is 9.25. The van der Waals surface area contributed by atoms with Crippen molar-refractivity contribution in [1.82, 2.24) is 0 Å². The molecule has 2 bridgehead atoms. The zero-order chi connectivity index (χ0) is 13.5. The summed E-state index contributed by atoms with van der Waals surface area (Å²) in [6.07, 6.45) is 4.22. The molecule has 0 radical (unpaired) electrons. The number of nitrogens with zero attached hydrogens (tertiary/aromatic N) is 1. The highest BCUT2D eigenvalue weighted by Crippen LogP contribution is 2.44. The highest BCUT2D eigenvalue weighted by atomic mass is 32.2. The molecule has 2 heterocycles. The van der Waals surface area contributed by atoms with Gasteiger partial charge in [0.15, 0.2) is 0 Å². The molecule has 100 valence electrons. The van der Waals surface area contributed by atoms with Crippen molar-refractivity contribution in [2.75, 3.05) is 0 Å². The molecular weight excluding hydrogens is 258 g/mol. The lowest BCUT2D eigenvalue weighted by atomic mass is 9.80. The lowest BCUT2D eigenvalue weighted by Crippen LogP contribution is -2.47. The van der Waals surface area contributed by atoms with E-state index in [1.165, 1.54) is 0 Å². The van der Waals surface area contributed by atoms with Crippen molar-refractivity contribution in [1.29, 1.82) is 5.26 Å². The summed E-state index contributed by atoms with van der Waals surface area (Å²) in [5.74, 6) is 0. The van der Waals surface area contributed by atoms with Crippen molar-refractivity contribution in [2.45, 2.75) is 48.2 Å². The van der Waals surface area contributed by atoms with Crippen LogP contribution in [0.1, 0.15) is 43.2 Å². The minimum atomic E-state index is -0.863. The summed E-state index contributed by atoms with van der Waals surface area (Å²) in [5.41, 5.74) is 0.601. The summed E-state index contributed by atoms with van der Waals surface area (Å²) in [5, 5.41) is 20.0. The molecule has 0 aliphatic carbocycles. The predicted molar refractivity (Wildman–Crippen MR) is 73.9 cm³/mol. The molecule has 3 rings (SSSR count). The SMILES string of the molecule is N#Cc1ccc(C2(O)CC3CCCC(C2)S3=O)cc1. The molecule has 1 aromatic rings. The first-order valence-corrected chi connectivity index (χ1v) is 8.02. The van der Waals surface area contributed by atoms with Gasteiger partial charge in [0.25, 0.3) is 0 Å². The quantitative estimate of drug-likeness (QED) is 0.854. The molecule has 2 fully saturated rings. The molecule has 2 atom stereocenters. The lowest BCUT2D eigenvalue weighted by Gasteiger charge is -2.43. The Morgan fingerprint density at radius 1 is 1.21 bits per heavy atom. The second-order valence-electron chi connectivity index (χ2n) is 5.63. The molecular formula is C15H17NO2S. The van der Waals surface area contributed by atoms with Crippen LogP contribution in [0.4, 0.5) is 0 Å². The number of hydrogen-bond donors (Lipinski definition) is 1. The predicted octanol–water partition coefficient (Wildman–Crippen LogP) is 2.21. The van der Waals surface area contributed by atoms with Gasteiger partial charge in [0.05, 0.1) is 17.2 Å². The van der Waals surface area contributed by atoms with Crippen LogP contribution in [0, 0.1) is 11.3 Å². The number of rotatable bonds is 1. The van der Waals surface area contributed by atoms with Crippen LogP contribution >= 0.6 is 0 Å². The van der Waals surface area contributed by atoms with Gasteiger partial charge in [-0.1, -0.05) is 18.6 Å². The molecule has 19 heavy (non-hydrogen) atoms. The van der Waals surface area contributed by atoms with Crippen LogP contribution < -0.4 is 0 Å². The van der Waals surface area contributed by atoms with Gasteiger partial charge in [-0.05, 0) is 43.4 Å². The average molecular weight is 275 g/mol. The van der Waals surface area contributed by atoms with Crippen molar-refractivity contribution >= 4 is 10.8 Å². The molecule has 2 unspecified atom stereocenters. The van der Waals surface area contributed by atoms with E-state index >= 15 is 0 Å². The van der Waals surface area contributed by atoms with E-state index in [1.807, 2.05) is 12.1 Å². The fourth-order valence-electron chi connectivity index (χ4n) is 3.37. The highest BCUT2D eigenvalue weighted by Gasteiger charge is 2.46. The summed E-state index contributed by atoms with van der Waals surface area (Å²) in [7, 11) is -0.775. The third-order valence-corrected chi connectivity index (χ3v) is 6.51. The van der Waals surface area contributed by atoms with E-state index in [0.29, 0.717) is 18.4 Å². The number of fused-ring (bicyclic) bond motifs is 2. The van der Waals surface area contributed by atoms with Gasteiger partial charge in [0.2, 0.25) is 0 Å². The van der Waals surface area contributed by atoms with Gasteiger partial charge in [-0.15, -0.1) is 0 Å². The maximum Gasteiger partial charge on any atom is 0.0991 e. The minimum absolute atomic E-state index is 0.133. The number of hydrogen-bond acceptors (Lipinski definition) is 3. The van der Waals surface area contributed by atoms with Gasteiger partial charge < -0.3 is 5.11 Å². The summed E-state index contributed by atoms with van der Waals surface area (Å²) in [6.45, 7) is 0. The molecule has 2 aliphatic heterocycles. The van der Waals surface area contributed by atoms with Crippen molar-refractivity contribution in [3.8, 4) is 6.07 Å². The van der Waals surface area contributed by atoms with Gasteiger partial charge in [-0.3, -0.25) is 4.21 Å². The molecule has 4 heteroatoms. The van der Waals surface area contributed by atoms with Crippen LogP contribution in [0.25, 0.3) is 0 Å². The first kappa shape index (κ1) is 12.8. The van der Waals surface area contributed by atoms with Crippen molar-refractivity contribution in [2.24, 2.45) is 0 Å². The molecule has 0 saturated carbocycles. The normalized spacial score (nSPS) is 37.6. The largest absolute Gasteiger partial charge is 0.385 e. The average Bonchev–Trinajstić information content (AvgIpc) is 2.41. The van der Waals surface area contributed by atoms with E-state index in [-0.39, 0.29) is 10.5 Å². The van der Waals surface area contributed by atoms with Crippen LogP contribution in [0.2, 0.25) is 0 Å². The Morgan fingerprint density at radius 3 is 2.32 bits per heavy atom. The van der Waals surface area contributed by atoms with E-state index in [9.17, 15) is 9.32 Å². The molecule has 1 aromatic carbocycles. The minimum Gasteiger partial charge on any atom is -0.385 e. The zero-order valence-electron chi connectivity index (χ0n) is 10.7. The van der Waals surface area contributed by atoms with Crippen LogP contribution in [0.15, 0.2) is 24.3 Å². The third kappa shape index (κ3) is 2.22.